The number of methoxy groups -OCH3 is 1. The second-order valence-corrected chi connectivity index (χ2v) is 18.2. The Morgan fingerprint density at radius 3 is 2.47 bits per heavy atom. The number of amides is 3. The summed E-state index contributed by atoms with van der Waals surface area (Å²) >= 11 is 1.46. The molecule has 0 radical (unpaired) electrons. The highest BCUT2D eigenvalue weighted by Crippen LogP contribution is 2.52. The van der Waals surface area contributed by atoms with Crippen LogP contribution in [0.1, 0.15) is 66.7 Å². The Morgan fingerprint density at radius 2 is 1.81 bits per heavy atom. The van der Waals surface area contributed by atoms with Crippen LogP contribution in [0.3, 0.4) is 0 Å². The predicted molar refractivity (Wildman–Crippen MR) is 218 cm³/mol. The molecule has 1 saturated heterocycles. The van der Waals surface area contributed by atoms with E-state index in [2.05, 4.69) is 22.5 Å². The average molecular weight is 819 g/mol. The van der Waals surface area contributed by atoms with Gasteiger partial charge in [-0.25, -0.2) is 19.6 Å². The molecule has 15 nitrogen and oxygen atoms in total. The molecule has 1 unspecified atom stereocenters. The van der Waals surface area contributed by atoms with Crippen LogP contribution >= 0.6 is 11.3 Å². The number of thiazole rings is 1. The minimum absolute atomic E-state index is 0.0201. The third-order valence-corrected chi connectivity index (χ3v) is 12.3. The molecular formula is C42H54N6O9S. The zero-order valence-electron chi connectivity index (χ0n) is 33.9. The van der Waals surface area contributed by atoms with Crippen molar-refractivity contribution >= 4 is 51.2 Å². The number of carboxylic acid groups (broad SMARTS) is 1. The number of fused-ring (bicyclic) bond motifs is 2. The van der Waals surface area contributed by atoms with Crippen LogP contribution in [0.25, 0.3) is 22.3 Å². The molecule has 3 amide bonds. The van der Waals surface area contributed by atoms with E-state index >= 15 is 0 Å². The molecular weight excluding hydrogens is 765 g/mol. The number of carboxylic acids is 1. The first-order valence-electron chi connectivity index (χ1n) is 20.0. The van der Waals surface area contributed by atoms with E-state index in [4.69, 9.17) is 28.9 Å². The number of alkyl carbamates (subject to hydrolysis) is 1. The maximum Gasteiger partial charge on any atom is 0.408 e. The highest BCUT2D eigenvalue weighted by Gasteiger charge is 2.61. The van der Waals surface area contributed by atoms with Gasteiger partial charge < -0.3 is 44.9 Å². The third-order valence-electron chi connectivity index (χ3n) is 11.5. The molecule has 0 spiro atoms. The van der Waals surface area contributed by atoms with Gasteiger partial charge in [-0.1, -0.05) is 26.8 Å². The van der Waals surface area contributed by atoms with E-state index in [1.165, 1.54) is 28.7 Å². The standard InChI is InChI=1S/C42H54N6O9S/c1-8-25-19-42(25,38(51)52)47-36(49)33-17-28(20-48(33)37(50)35(41(4,5)6)46-40(53)57-27-14-23-13-24(23)15-27)56-34-18-31(32-21-58-39(45-32)43-22(2)3)44-30-16-26(9-10-29(30)34)55-12-11-54-7/h8-10,16,18,21-25,27-28,33,35H,1,11-15,17,19-20H2,2-7H3,(H,43,45)(H,46,53)(H,47,49)(H,51,52)/t23-,24+,25?,27+,28-,33+,35-,42-/m1/s1. The molecule has 4 N–H and O–H groups in total. The Labute approximate surface area is 342 Å². The zero-order chi connectivity index (χ0) is 41.5. The summed E-state index contributed by atoms with van der Waals surface area (Å²) in [7, 11) is 1.60. The monoisotopic (exact) mass is 818 g/mol. The fraction of sp³-hybridized carbons (Fsp3) is 0.571. The van der Waals surface area contributed by atoms with Gasteiger partial charge in [0.1, 0.15) is 53.6 Å². The lowest BCUT2D eigenvalue weighted by atomic mass is 9.85. The highest BCUT2D eigenvalue weighted by atomic mass is 32.1. The van der Waals surface area contributed by atoms with E-state index in [-0.39, 0.29) is 31.5 Å². The number of hydrogen-bond acceptors (Lipinski definition) is 12. The number of carbonyl (C=O) groups excluding carboxylic acids is 3. The van der Waals surface area contributed by atoms with Crippen molar-refractivity contribution in [3.8, 4) is 22.9 Å². The number of aromatic nitrogens is 2. The van der Waals surface area contributed by atoms with Gasteiger partial charge in [-0.05, 0) is 68.9 Å². The number of ether oxygens (including phenoxy) is 4. The lowest BCUT2D eigenvalue weighted by Crippen LogP contribution is -2.59. The number of aliphatic carboxylic acids is 1. The zero-order valence-corrected chi connectivity index (χ0v) is 34.7. The van der Waals surface area contributed by atoms with Crippen molar-refractivity contribution in [2.45, 2.75) is 103 Å². The molecule has 1 aromatic carbocycles. The van der Waals surface area contributed by atoms with Crippen molar-refractivity contribution < 1.29 is 43.2 Å². The van der Waals surface area contributed by atoms with Crippen LogP contribution in [-0.2, 0) is 23.9 Å². The second-order valence-electron chi connectivity index (χ2n) is 17.4. The number of anilines is 1. The number of pyridine rings is 1. The fourth-order valence-corrected chi connectivity index (χ4v) is 9.04. The molecule has 3 heterocycles. The van der Waals surface area contributed by atoms with Gasteiger partial charge in [0.2, 0.25) is 11.8 Å². The minimum atomic E-state index is -1.52. The average Bonchev–Trinajstić information content (AvgIpc) is 3.83. The molecule has 3 saturated carbocycles. The molecule has 8 atom stereocenters. The third kappa shape index (κ3) is 8.87. The van der Waals surface area contributed by atoms with Crippen molar-refractivity contribution in [1.82, 2.24) is 25.5 Å². The highest BCUT2D eigenvalue weighted by molar-refractivity contribution is 7.14. The van der Waals surface area contributed by atoms with Gasteiger partial charge in [-0.2, -0.15) is 0 Å². The molecule has 1 aliphatic heterocycles. The Balaban J connectivity index is 1.19. The predicted octanol–water partition coefficient (Wildman–Crippen LogP) is 5.64. The lowest BCUT2D eigenvalue weighted by Gasteiger charge is -2.35. The van der Waals surface area contributed by atoms with Crippen LogP contribution in [-0.4, -0.2) is 107 Å². The summed E-state index contributed by atoms with van der Waals surface area (Å²) in [6, 6.07) is 5.26. The molecule has 4 fully saturated rings. The number of benzene rings is 1. The number of hydrogen-bond donors (Lipinski definition) is 4. The summed E-state index contributed by atoms with van der Waals surface area (Å²) in [6.07, 6.45) is 2.98. The van der Waals surface area contributed by atoms with Crippen molar-refractivity contribution in [3.05, 3.63) is 42.3 Å². The second kappa shape index (κ2) is 16.4. The number of nitrogens with zero attached hydrogens (tertiary/aromatic N) is 3. The van der Waals surface area contributed by atoms with Gasteiger partial charge in [-0.15, -0.1) is 17.9 Å². The van der Waals surface area contributed by atoms with E-state index in [1.54, 1.807) is 13.2 Å². The molecule has 3 aliphatic carbocycles. The van der Waals surface area contributed by atoms with E-state index in [1.807, 2.05) is 58.2 Å². The summed E-state index contributed by atoms with van der Waals surface area (Å²) in [5.41, 5.74) is -0.539. The quantitative estimate of drug-likeness (QED) is 0.103. The maximum absolute atomic E-state index is 14.7. The molecule has 2 aromatic heterocycles. The fourth-order valence-electron chi connectivity index (χ4n) is 8.19. The van der Waals surface area contributed by atoms with Crippen molar-refractivity contribution in [2.75, 3.05) is 32.2 Å². The van der Waals surface area contributed by atoms with Gasteiger partial charge in [0, 0.05) is 48.4 Å². The van der Waals surface area contributed by atoms with Crippen LogP contribution in [0.2, 0.25) is 0 Å². The lowest BCUT2D eigenvalue weighted by molar-refractivity contribution is -0.146. The van der Waals surface area contributed by atoms with Gasteiger partial charge in [0.25, 0.3) is 0 Å². The van der Waals surface area contributed by atoms with Crippen LogP contribution in [0.4, 0.5) is 9.93 Å². The molecule has 58 heavy (non-hydrogen) atoms. The number of nitrogens with one attached hydrogen (secondary N) is 3. The van der Waals surface area contributed by atoms with E-state index in [0.29, 0.717) is 58.8 Å². The minimum Gasteiger partial charge on any atom is -0.491 e. The summed E-state index contributed by atoms with van der Waals surface area (Å²) in [4.78, 5) is 65.7. The van der Waals surface area contributed by atoms with E-state index in [9.17, 15) is 24.3 Å². The van der Waals surface area contributed by atoms with Crippen LogP contribution in [0.5, 0.6) is 11.5 Å². The Morgan fingerprint density at radius 1 is 1.05 bits per heavy atom. The van der Waals surface area contributed by atoms with Crippen molar-refractivity contribution in [3.63, 3.8) is 0 Å². The smallest absolute Gasteiger partial charge is 0.408 e. The first-order chi connectivity index (χ1) is 27.6. The van der Waals surface area contributed by atoms with Crippen LogP contribution < -0.4 is 25.4 Å². The summed E-state index contributed by atoms with van der Waals surface area (Å²) in [5, 5.41) is 22.3. The van der Waals surface area contributed by atoms with E-state index < -0.39 is 58.9 Å². The molecule has 312 valence electrons. The molecule has 16 heteroatoms. The first-order valence-corrected chi connectivity index (χ1v) is 20.9. The number of rotatable bonds is 16. The van der Waals surface area contributed by atoms with Crippen LogP contribution in [0, 0.1) is 23.2 Å². The summed E-state index contributed by atoms with van der Waals surface area (Å²) in [6.45, 7) is 14.0. The van der Waals surface area contributed by atoms with Crippen molar-refractivity contribution in [2.24, 2.45) is 23.2 Å². The molecule has 4 aliphatic rings. The Kier molecular flexibility index (Phi) is 11.6. The van der Waals surface area contributed by atoms with Gasteiger partial charge in [-0.3, -0.25) is 9.59 Å². The maximum atomic E-state index is 14.7. The number of carbonyl (C=O) groups is 4. The molecule has 3 aromatic rings. The molecule has 0 bridgehead atoms. The van der Waals surface area contributed by atoms with Gasteiger partial charge >= 0.3 is 12.1 Å². The summed E-state index contributed by atoms with van der Waals surface area (Å²) in [5.74, 6) is -0.521. The first kappa shape index (κ1) is 41.2. The Hall–Kier alpha value is -4.96. The molecule has 7 rings (SSSR count). The summed E-state index contributed by atoms with van der Waals surface area (Å²) < 4.78 is 23.6. The largest absolute Gasteiger partial charge is 0.491 e. The SMILES string of the molecule is C=CC1C[C@]1(NC(=O)[C@@H]1C[C@@H](Oc2cc(-c3csc(NC(C)C)n3)nc3cc(OCCOC)ccc23)CN1C(=O)[C@@H](NC(=O)O[C@@H]1C[C@@H]2C[C@@H]2C1)C(C)(C)C)C(=O)O. The topological polar surface area (TPSA) is 191 Å². The van der Waals surface area contributed by atoms with E-state index in [0.717, 1.165) is 18.0 Å². The Bertz CT molecular complexity index is 2060. The van der Waals surface area contributed by atoms with Gasteiger partial charge in [0.15, 0.2) is 5.13 Å². The van der Waals surface area contributed by atoms with Crippen molar-refractivity contribution in [1.29, 1.82) is 0 Å². The number of likely N-dealkylation sites (tertiary alicyclic amines) is 1. The normalized spacial score (nSPS) is 26.4. The van der Waals surface area contributed by atoms with Crippen LogP contribution in [0.15, 0.2) is 42.3 Å². The van der Waals surface area contributed by atoms with Gasteiger partial charge in [0.05, 0.1) is 24.4 Å².